The van der Waals surface area contributed by atoms with Crippen molar-refractivity contribution >= 4 is 16.1 Å². The van der Waals surface area contributed by atoms with Crippen LogP contribution in [0.15, 0.2) is 0 Å². The normalized spacial score (nSPS) is 32.7. The summed E-state index contributed by atoms with van der Waals surface area (Å²) in [7, 11) is 2.44. The molecule has 1 fully saturated rings. The minimum Gasteiger partial charge on any atom is -0.386 e. The zero-order valence-corrected chi connectivity index (χ0v) is 5.42. The molecule has 3 heteroatoms. The highest BCUT2D eigenvalue weighted by atomic mass is 31.0. The molecule has 1 nitrogen and oxygen atoms in total. The highest BCUT2D eigenvalue weighted by Crippen LogP contribution is 2.11. The first kappa shape index (κ1) is 4.35. The van der Waals surface area contributed by atoms with Gasteiger partial charge in [-0.05, 0) is 14.2 Å². The standard InChI is InChI=1S/C4H10BOP/c7-5-4-2-1-3-6-4/h4-5H,1-3,7H2/i5T. The Kier molecular flexibility index (Phi) is 1.67. The Morgan fingerprint density at radius 2 is 2.86 bits per heavy atom. The Morgan fingerprint density at radius 3 is 3.14 bits per heavy atom. The van der Waals surface area contributed by atoms with Gasteiger partial charge in [-0.25, -0.2) is 0 Å². The van der Waals surface area contributed by atoms with Crippen molar-refractivity contribution in [1.29, 1.82) is 1.34 Å². The Balaban J connectivity index is 2.24. The molecule has 0 bridgehead atoms. The third-order valence-electron chi connectivity index (χ3n) is 1.18. The third-order valence-corrected chi connectivity index (χ3v) is 1.61. The summed E-state index contributed by atoms with van der Waals surface area (Å²) in [6.45, 7) is 0.742. The minimum absolute atomic E-state index is 0.113. The van der Waals surface area contributed by atoms with Gasteiger partial charge in [0.1, 0.15) is 0 Å². The summed E-state index contributed by atoms with van der Waals surface area (Å²) in [5, 5.41) is 0. The monoisotopic (exact) mass is 118 g/mol. The van der Waals surface area contributed by atoms with E-state index in [1.54, 1.807) is 0 Å². The van der Waals surface area contributed by atoms with Gasteiger partial charge in [0.25, 0.3) is 0 Å². The lowest BCUT2D eigenvalue weighted by Crippen LogP contribution is -2.08. The second kappa shape index (κ2) is 2.69. The molecule has 0 saturated carbocycles. The minimum atomic E-state index is -0.113. The van der Waals surface area contributed by atoms with Crippen LogP contribution in [-0.2, 0) is 4.74 Å². The highest BCUT2D eigenvalue weighted by Gasteiger charge is 2.12. The number of ether oxygens (including phenoxy) is 1. The zero-order valence-electron chi connectivity index (χ0n) is 5.26. The largest absolute Gasteiger partial charge is 0.386 e. The van der Waals surface area contributed by atoms with Crippen LogP contribution in [0.5, 0.6) is 0 Å². The lowest BCUT2D eigenvalue weighted by atomic mass is 9.96. The SMILES string of the molecule is [3H]B(P)C1CCCO1. The quantitative estimate of drug-likeness (QED) is 0.356. The highest BCUT2D eigenvalue weighted by molar-refractivity contribution is 7.55. The molecule has 2 atom stereocenters. The van der Waals surface area contributed by atoms with Gasteiger partial charge in [-0.15, -0.1) is 0 Å². The van der Waals surface area contributed by atoms with Crippen molar-refractivity contribution in [2.45, 2.75) is 18.8 Å². The van der Waals surface area contributed by atoms with Gasteiger partial charge in [0, 0.05) is 12.6 Å². The molecule has 1 rings (SSSR count). The molecule has 0 aromatic heterocycles. The molecule has 1 aliphatic heterocycles. The average Bonchev–Trinajstić information content (AvgIpc) is 2.12. The number of hydrogen-bond acceptors (Lipinski definition) is 1. The van der Waals surface area contributed by atoms with Gasteiger partial charge < -0.3 is 4.74 Å². The lowest BCUT2D eigenvalue weighted by molar-refractivity contribution is 0.167. The fraction of sp³-hybridized carbons (Fsp3) is 1.00. The van der Waals surface area contributed by atoms with Gasteiger partial charge in [0.2, 0.25) is 0 Å². The topological polar surface area (TPSA) is 9.23 Å². The Morgan fingerprint density at radius 1 is 2.00 bits per heavy atom. The zero-order chi connectivity index (χ0) is 5.98. The van der Waals surface area contributed by atoms with E-state index in [2.05, 4.69) is 9.12 Å². The van der Waals surface area contributed by atoms with Crippen LogP contribution in [0.4, 0.5) is 0 Å². The maximum atomic E-state index is 7.21. The van der Waals surface area contributed by atoms with Gasteiger partial charge in [0.15, 0.2) is 6.96 Å². The first-order valence-corrected chi connectivity index (χ1v) is 3.27. The Labute approximate surface area is 48.6 Å². The summed E-state index contributed by atoms with van der Waals surface area (Å²) < 4.78 is 12.4. The predicted octanol–water partition coefficient (Wildman–Crippen LogP) is 0.349. The molecule has 0 aromatic carbocycles. The molecule has 1 heterocycles. The van der Waals surface area contributed by atoms with Crippen molar-refractivity contribution in [2.24, 2.45) is 0 Å². The molecular formula is C4H10BOP. The van der Waals surface area contributed by atoms with Crippen LogP contribution < -0.4 is 0 Å². The first-order chi connectivity index (χ1) is 3.80. The summed E-state index contributed by atoms with van der Waals surface area (Å²) in [6, 6.07) is 0.194. The number of hydrogen-bond donors (Lipinski definition) is 0. The molecule has 0 N–H and O–H groups in total. The summed E-state index contributed by atoms with van der Waals surface area (Å²) in [5.41, 5.74) is 0. The second-order valence-electron chi connectivity index (χ2n) is 1.74. The first-order valence-electron chi connectivity index (χ1n) is 3.18. The summed E-state index contributed by atoms with van der Waals surface area (Å²) in [4.78, 5) is 0. The van der Waals surface area contributed by atoms with Crippen LogP contribution in [-0.4, -0.2) is 20.9 Å². The van der Waals surface area contributed by atoms with Crippen LogP contribution in [0, 0.1) is 0 Å². The van der Waals surface area contributed by atoms with Crippen molar-refractivity contribution in [3.05, 3.63) is 0 Å². The van der Waals surface area contributed by atoms with Crippen LogP contribution in [0.2, 0.25) is 0 Å². The summed E-state index contributed by atoms with van der Waals surface area (Å²) in [6.07, 6.45) is 2.20. The van der Waals surface area contributed by atoms with Gasteiger partial charge in [-0.1, -0.05) is 0 Å². The lowest BCUT2D eigenvalue weighted by Gasteiger charge is -1.99. The molecule has 1 aliphatic rings. The second-order valence-corrected chi connectivity index (χ2v) is 2.13. The fourth-order valence-corrected chi connectivity index (χ4v) is 1.06. The summed E-state index contributed by atoms with van der Waals surface area (Å²) >= 11 is 0. The van der Waals surface area contributed by atoms with Gasteiger partial charge in [-0.2, -0.15) is 9.12 Å². The maximum Gasteiger partial charge on any atom is 0.180 e. The van der Waals surface area contributed by atoms with Crippen LogP contribution in [0.1, 0.15) is 12.8 Å². The number of rotatable bonds is 1. The average molecular weight is 118 g/mol. The molecule has 0 spiro atoms. The van der Waals surface area contributed by atoms with Crippen LogP contribution in [0.25, 0.3) is 0 Å². The third kappa shape index (κ3) is 1.43. The van der Waals surface area contributed by atoms with E-state index in [9.17, 15) is 0 Å². The van der Waals surface area contributed by atoms with E-state index < -0.39 is 0 Å². The van der Waals surface area contributed by atoms with Crippen molar-refractivity contribution < 1.29 is 4.74 Å². The van der Waals surface area contributed by atoms with Crippen LogP contribution in [0.3, 0.4) is 0 Å². The molecule has 40 valence electrons. The van der Waals surface area contributed by atoms with E-state index in [-0.39, 0.29) is 13.0 Å². The predicted molar refractivity (Wildman–Crippen MR) is 35.8 cm³/mol. The maximum absolute atomic E-state index is 7.21. The molecule has 0 aromatic rings. The molecule has 7 heavy (non-hydrogen) atoms. The Bertz CT molecular complexity index is 74.4. The smallest absolute Gasteiger partial charge is 0.180 e. The van der Waals surface area contributed by atoms with Crippen molar-refractivity contribution in [1.82, 2.24) is 0 Å². The molecule has 1 saturated heterocycles. The van der Waals surface area contributed by atoms with Crippen LogP contribution >= 0.6 is 9.12 Å². The molecule has 0 aliphatic carbocycles. The van der Waals surface area contributed by atoms with E-state index in [1.807, 2.05) is 0 Å². The van der Waals surface area contributed by atoms with Gasteiger partial charge in [0.05, 0.1) is 0 Å². The van der Waals surface area contributed by atoms with Crippen molar-refractivity contribution in [2.75, 3.05) is 6.61 Å². The molecule has 2 unspecified atom stereocenters. The van der Waals surface area contributed by atoms with Gasteiger partial charge in [-0.3, -0.25) is 0 Å². The van der Waals surface area contributed by atoms with E-state index in [4.69, 9.17) is 6.07 Å². The van der Waals surface area contributed by atoms with E-state index in [0.29, 0.717) is 0 Å². The van der Waals surface area contributed by atoms with Crippen molar-refractivity contribution in [3.63, 3.8) is 0 Å². The fourth-order valence-electron chi connectivity index (χ4n) is 0.754. The van der Waals surface area contributed by atoms with E-state index in [1.165, 1.54) is 0 Å². The van der Waals surface area contributed by atoms with Crippen molar-refractivity contribution in [3.8, 4) is 0 Å². The molecule has 0 radical (unpaired) electrons. The van der Waals surface area contributed by atoms with E-state index in [0.717, 1.165) is 19.4 Å². The molecular weight excluding hydrogens is 106 g/mol. The van der Waals surface area contributed by atoms with E-state index >= 15 is 0 Å². The Hall–Kier alpha value is 0.455. The van der Waals surface area contributed by atoms with Gasteiger partial charge >= 0.3 is 0 Å². The molecule has 0 amide bonds. The summed E-state index contributed by atoms with van der Waals surface area (Å²) in [5.74, 6) is 0.